The number of ether oxygens (including phenoxy) is 1. The molecule has 0 radical (unpaired) electrons. The Kier molecular flexibility index (Phi) is 3.93. The van der Waals surface area contributed by atoms with Crippen LogP contribution in [0, 0.1) is 5.82 Å². The summed E-state index contributed by atoms with van der Waals surface area (Å²) in [5.41, 5.74) is -0.562. The van der Waals surface area contributed by atoms with Crippen molar-refractivity contribution in [2.75, 3.05) is 6.61 Å². The van der Waals surface area contributed by atoms with Gasteiger partial charge in [0, 0.05) is 6.07 Å². The monoisotopic (exact) mass is 252 g/mol. The summed E-state index contributed by atoms with van der Waals surface area (Å²) in [7, 11) is 0. The highest BCUT2D eigenvalue weighted by Gasteiger charge is 2.26. The molecule has 1 N–H and O–H groups in total. The molecule has 1 aromatic rings. The number of alkyl halides is 3. The largest absolute Gasteiger partial charge is 0.493 e. The number of halogens is 4. The standard InChI is InChI=1S/C10H8F4O3/c11-8-5-6(1-2-7(8)9(15)16)17-4-3-10(12,13)14/h1-2,5H,3-4H2,(H,15,16). The number of hydrogen-bond donors (Lipinski definition) is 1. The number of aromatic carboxylic acids is 1. The van der Waals surface area contributed by atoms with Crippen LogP contribution in [0.3, 0.4) is 0 Å². The van der Waals surface area contributed by atoms with Gasteiger partial charge in [-0.15, -0.1) is 0 Å². The molecule has 17 heavy (non-hydrogen) atoms. The molecule has 0 heterocycles. The first kappa shape index (κ1) is 13.3. The Hall–Kier alpha value is -1.79. The maximum absolute atomic E-state index is 13.1. The average Bonchev–Trinajstić information content (AvgIpc) is 2.15. The summed E-state index contributed by atoms with van der Waals surface area (Å²) in [6.45, 7) is -0.643. The second-order valence-electron chi connectivity index (χ2n) is 3.16. The molecular weight excluding hydrogens is 244 g/mol. The lowest BCUT2D eigenvalue weighted by Gasteiger charge is -2.09. The molecule has 0 aliphatic carbocycles. The molecule has 7 heteroatoms. The van der Waals surface area contributed by atoms with E-state index in [0.29, 0.717) is 0 Å². The molecule has 1 aromatic carbocycles. The van der Waals surface area contributed by atoms with Gasteiger partial charge in [-0.3, -0.25) is 0 Å². The van der Waals surface area contributed by atoms with E-state index in [1.54, 1.807) is 0 Å². The molecule has 0 spiro atoms. The van der Waals surface area contributed by atoms with E-state index in [-0.39, 0.29) is 5.75 Å². The highest BCUT2D eigenvalue weighted by Crippen LogP contribution is 2.21. The number of carboxylic acid groups (broad SMARTS) is 1. The molecule has 0 aliphatic rings. The Bertz CT molecular complexity index is 415. The maximum atomic E-state index is 13.1. The van der Waals surface area contributed by atoms with Crippen LogP contribution in [0.4, 0.5) is 17.6 Å². The molecule has 3 nitrogen and oxygen atoms in total. The van der Waals surface area contributed by atoms with Crippen molar-refractivity contribution in [2.24, 2.45) is 0 Å². The third-order valence-electron chi connectivity index (χ3n) is 1.83. The summed E-state index contributed by atoms with van der Waals surface area (Å²) in [5, 5.41) is 8.51. The minimum absolute atomic E-state index is 0.142. The SMILES string of the molecule is O=C(O)c1ccc(OCCC(F)(F)F)cc1F. The Morgan fingerprint density at radius 2 is 2.00 bits per heavy atom. The highest BCUT2D eigenvalue weighted by atomic mass is 19.4. The fourth-order valence-electron chi connectivity index (χ4n) is 1.04. The third-order valence-corrected chi connectivity index (χ3v) is 1.83. The highest BCUT2D eigenvalue weighted by molar-refractivity contribution is 5.88. The van der Waals surface area contributed by atoms with Gasteiger partial charge in [-0.1, -0.05) is 0 Å². The Balaban J connectivity index is 2.62. The molecule has 0 aliphatic heterocycles. The van der Waals surface area contributed by atoms with Crippen LogP contribution < -0.4 is 4.74 Å². The van der Waals surface area contributed by atoms with Crippen molar-refractivity contribution >= 4 is 5.97 Å². The number of rotatable bonds is 4. The van der Waals surface area contributed by atoms with E-state index in [1.807, 2.05) is 0 Å². The van der Waals surface area contributed by atoms with Gasteiger partial charge in [-0.25, -0.2) is 9.18 Å². The van der Waals surface area contributed by atoms with Crippen LogP contribution in [0.2, 0.25) is 0 Å². The molecule has 0 amide bonds. The van der Waals surface area contributed by atoms with Gasteiger partial charge in [0.05, 0.1) is 18.6 Å². The smallest absolute Gasteiger partial charge is 0.392 e. The number of hydrogen-bond acceptors (Lipinski definition) is 2. The minimum atomic E-state index is -4.35. The molecule has 0 unspecified atom stereocenters. The third kappa shape index (κ3) is 4.29. The van der Waals surface area contributed by atoms with Gasteiger partial charge in [0.2, 0.25) is 0 Å². The Morgan fingerprint density at radius 3 is 2.47 bits per heavy atom. The van der Waals surface area contributed by atoms with E-state index in [1.165, 1.54) is 0 Å². The summed E-state index contributed by atoms with van der Waals surface area (Å²) in [6.07, 6.45) is -5.51. The first-order valence-electron chi connectivity index (χ1n) is 4.52. The zero-order valence-electron chi connectivity index (χ0n) is 8.42. The fourth-order valence-corrected chi connectivity index (χ4v) is 1.04. The Morgan fingerprint density at radius 1 is 1.35 bits per heavy atom. The van der Waals surface area contributed by atoms with E-state index in [4.69, 9.17) is 5.11 Å². The topological polar surface area (TPSA) is 46.5 Å². The van der Waals surface area contributed by atoms with E-state index in [2.05, 4.69) is 4.74 Å². The van der Waals surface area contributed by atoms with Gasteiger partial charge >= 0.3 is 12.1 Å². The van der Waals surface area contributed by atoms with Crippen molar-refractivity contribution in [3.05, 3.63) is 29.6 Å². The minimum Gasteiger partial charge on any atom is -0.493 e. The molecule has 0 fully saturated rings. The van der Waals surface area contributed by atoms with Crippen LogP contribution in [-0.4, -0.2) is 23.9 Å². The van der Waals surface area contributed by atoms with Crippen LogP contribution in [0.25, 0.3) is 0 Å². The van der Waals surface area contributed by atoms with Crippen LogP contribution in [-0.2, 0) is 0 Å². The van der Waals surface area contributed by atoms with Gasteiger partial charge in [-0.05, 0) is 12.1 Å². The lowest BCUT2D eigenvalue weighted by atomic mass is 10.2. The van der Waals surface area contributed by atoms with Crippen molar-refractivity contribution in [3.8, 4) is 5.75 Å². The van der Waals surface area contributed by atoms with E-state index >= 15 is 0 Å². The van der Waals surface area contributed by atoms with Crippen LogP contribution in [0.15, 0.2) is 18.2 Å². The van der Waals surface area contributed by atoms with Crippen molar-refractivity contribution in [1.82, 2.24) is 0 Å². The zero-order chi connectivity index (χ0) is 13.1. The summed E-state index contributed by atoms with van der Waals surface area (Å²) < 4.78 is 53.1. The molecule has 0 bridgehead atoms. The maximum Gasteiger partial charge on any atom is 0.392 e. The predicted molar refractivity (Wildman–Crippen MR) is 49.5 cm³/mol. The molecule has 94 valence electrons. The second kappa shape index (κ2) is 5.03. The summed E-state index contributed by atoms with van der Waals surface area (Å²) >= 11 is 0. The predicted octanol–water partition coefficient (Wildman–Crippen LogP) is 2.86. The van der Waals surface area contributed by atoms with E-state index in [9.17, 15) is 22.4 Å². The second-order valence-corrected chi connectivity index (χ2v) is 3.16. The van der Waals surface area contributed by atoms with Gasteiger partial charge in [0.25, 0.3) is 0 Å². The van der Waals surface area contributed by atoms with Crippen molar-refractivity contribution in [2.45, 2.75) is 12.6 Å². The molecule has 0 saturated heterocycles. The van der Waals surface area contributed by atoms with Crippen molar-refractivity contribution in [3.63, 3.8) is 0 Å². The molecule has 0 atom stereocenters. The van der Waals surface area contributed by atoms with Crippen LogP contribution in [0.1, 0.15) is 16.8 Å². The normalized spacial score (nSPS) is 11.3. The fraction of sp³-hybridized carbons (Fsp3) is 0.300. The molecule has 0 aromatic heterocycles. The van der Waals surface area contributed by atoms with E-state index in [0.717, 1.165) is 18.2 Å². The zero-order valence-corrected chi connectivity index (χ0v) is 8.42. The van der Waals surface area contributed by atoms with Crippen molar-refractivity contribution < 1.29 is 32.2 Å². The molecule has 1 rings (SSSR count). The van der Waals surface area contributed by atoms with Crippen LogP contribution >= 0.6 is 0 Å². The number of benzene rings is 1. The number of carbonyl (C=O) groups is 1. The first-order valence-corrected chi connectivity index (χ1v) is 4.52. The summed E-state index contributed by atoms with van der Waals surface area (Å²) in [5.74, 6) is -2.65. The number of carboxylic acids is 1. The van der Waals surface area contributed by atoms with E-state index < -0.39 is 36.6 Å². The molecular formula is C10H8F4O3. The van der Waals surface area contributed by atoms with Gasteiger partial charge in [0.1, 0.15) is 11.6 Å². The quantitative estimate of drug-likeness (QED) is 0.838. The van der Waals surface area contributed by atoms with Gasteiger partial charge in [0.15, 0.2) is 0 Å². The van der Waals surface area contributed by atoms with Crippen molar-refractivity contribution in [1.29, 1.82) is 0 Å². The summed E-state index contributed by atoms with van der Waals surface area (Å²) in [4.78, 5) is 10.4. The lowest BCUT2D eigenvalue weighted by molar-refractivity contribution is -0.139. The first-order chi connectivity index (χ1) is 7.79. The lowest BCUT2D eigenvalue weighted by Crippen LogP contribution is -2.13. The average molecular weight is 252 g/mol. The van der Waals surface area contributed by atoms with Gasteiger partial charge in [-0.2, -0.15) is 13.2 Å². The summed E-state index contributed by atoms with van der Waals surface area (Å²) in [6, 6.07) is 2.77. The van der Waals surface area contributed by atoms with Gasteiger partial charge < -0.3 is 9.84 Å². The Labute approximate surface area is 93.6 Å². The molecule has 0 saturated carbocycles. The van der Waals surface area contributed by atoms with Crippen LogP contribution in [0.5, 0.6) is 5.75 Å².